The molecular weight excluding hydrogens is 273 g/mol. The Bertz CT molecular complexity index is 446. The highest BCUT2D eigenvalue weighted by Crippen LogP contribution is 2.24. The van der Waals surface area contributed by atoms with Crippen molar-refractivity contribution in [3.05, 3.63) is 35.6 Å². The van der Waals surface area contributed by atoms with Gasteiger partial charge in [0.15, 0.2) is 5.96 Å². The summed E-state index contributed by atoms with van der Waals surface area (Å²) in [6, 6.07) is 6.92. The van der Waals surface area contributed by atoms with Gasteiger partial charge in [0.05, 0.1) is 0 Å². The molecule has 0 fully saturated rings. The zero-order chi connectivity index (χ0) is 15.0. The lowest BCUT2D eigenvalue weighted by Crippen LogP contribution is -2.44. The lowest BCUT2D eigenvalue weighted by atomic mass is 9.84. The maximum absolute atomic E-state index is 13.9. The monoisotopic (exact) mass is 297 g/mol. The van der Waals surface area contributed by atoms with Crippen molar-refractivity contribution in [2.75, 3.05) is 32.1 Å². The van der Waals surface area contributed by atoms with Gasteiger partial charge in [0.1, 0.15) is 5.82 Å². The van der Waals surface area contributed by atoms with Gasteiger partial charge in [-0.05, 0) is 17.9 Å². The number of hydrogen-bond acceptors (Lipinski definition) is 2. The van der Waals surface area contributed by atoms with Gasteiger partial charge in [-0.2, -0.15) is 11.8 Å². The van der Waals surface area contributed by atoms with Crippen LogP contribution in [0.3, 0.4) is 0 Å². The number of hydrogen-bond donors (Lipinski definition) is 2. The van der Waals surface area contributed by atoms with Crippen molar-refractivity contribution in [3.63, 3.8) is 0 Å². The van der Waals surface area contributed by atoms with E-state index in [4.69, 9.17) is 0 Å². The van der Waals surface area contributed by atoms with E-state index >= 15 is 0 Å². The minimum atomic E-state index is -0.303. The number of nitrogens with zero attached hydrogens (tertiary/aromatic N) is 1. The smallest absolute Gasteiger partial charge is 0.191 e. The van der Waals surface area contributed by atoms with E-state index in [1.54, 1.807) is 24.9 Å². The Hall–Kier alpha value is -1.23. The highest BCUT2D eigenvalue weighted by atomic mass is 32.2. The molecule has 20 heavy (non-hydrogen) atoms. The Kier molecular flexibility index (Phi) is 6.85. The maximum atomic E-state index is 13.9. The summed E-state index contributed by atoms with van der Waals surface area (Å²) < 4.78 is 13.9. The van der Waals surface area contributed by atoms with Crippen molar-refractivity contribution in [2.45, 2.75) is 19.3 Å². The van der Waals surface area contributed by atoms with Crippen LogP contribution in [-0.2, 0) is 5.41 Å². The fourth-order valence-corrected chi connectivity index (χ4v) is 2.21. The van der Waals surface area contributed by atoms with Gasteiger partial charge in [0.2, 0.25) is 0 Å². The molecule has 2 N–H and O–H groups in total. The van der Waals surface area contributed by atoms with Crippen molar-refractivity contribution >= 4 is 17.7 Å². The third-order valence-electron chi connectivity index (χ3n) is 3.12. The van der Waals surface area contributed by atoms with Crippen molar-refractivity contribution < 1.29 is 4.39 Å². The molecule has 0 saturated carbocycles. The summed E-state index contributed by atoms with van der Waals surface area (Å²) in [5.74, 6) is 1.62. The van der Waals surface area contributed by atoms with Crippen LogP contribution >= 0.6 is 11.8 Å². The van der Waals surface area contributed by atoms with Crippen LogP contribution in [0.4, 0.5) is 4.39 Å². The molecule has 0 aliphatic carbocycles. The summed E-state index contributed by atoms with van der Waals surface area (Å²) in [6.07, 6.45) is 2.07. The lowest BCUT2D eigenvalue weighted by Gasteiger charge is -2.27. The van der Waals surface area contributed by atoms with Gasteiger partial charge in [-0.3, -0.25) is 4.99 Å². The zero-order valence-corrected chi connectivity index (χ0v) is 13.5. The van der Waals surface area contributed by atoms with Gasteiger partial charge in [0.25, 0.3) is 0 Å². The molecule has 0 saturated heterocycles. The van der Waals surface area contributed by atoms with E-state index in [1.807, 2.05) is 26.0 Å². The van der Waals surface area contributed by atoms with E-state index in [-0.39, 0.29) is 11.2 Å². The second-order valence-corrected chi connectivity index (χ2v) is 6.19. The first kappa shape index (κ1) is 16.8. The summed E-state index contributed by atoms with van der Waals surface area (Å²) in [4.78, 5) is 4.17. The third kappa shape index (κ3) is 5.04. The molecule has 112 valence electrons. The first-order valence-electron chi connectivity index (χ1n) is 6.69. The number of guanidine groups is 1. The average Bonchev–Trinajstić information content (AvgIpc) is 2.43. The van der Waals surface area contributed by atoms with Crippen LogP contribution in [0.25, 0.3) is 0 Å². The summed E-state index contributed by atoms with van der Waals surface area (Å²) in [5, 5.41) is 6.49. The summed E-state index contributed by atoms with van der Waals surface area (Å²) in [5.41, 5.74) is 0.412. The molecule has 5 heteroatoms. The van der Waals surface area contributed by atoms with Crippen LogP contribution in [0.15, 0.2) is 29.3 Å². The Morgan fingerprint density at radius 1 is 1.30 bits per heavy atom. The van der Waals surface area contributed by atoms with Crippen LogP contribution in [0.2, 0.25) is 0 Å². The molecule has 0 aromatic heterocycles. The molecule has 0 aliphatic heterocycles. The molecule has 0 unspecified atom stereocenters. The van der Waals surface area contributed by atoms with Crippen LogP contribution < -0.4 is 10.6 Å². The van der Waals surface area contributed by atoms with Crippen LogP contribution in [0.5, 0.6) is 0 Å². The second-order valence-electron chi connectivity index (χ2n) is 5.21. The predicted octanol–water partition coefficient (Wildman–Crippen LogP) is 2.63. The summed E-state index contributed by atoms with van der Waals surface area (Å²) in [7, 11) is 1.74. The molecule has 0 amide bonds. The van der Waals surface area contributed by atoms with Gasteiger partial charge in [0, 0.05) is 31.3 Å². The largest absolute Gasteiger partial charge is 0.356 e. The van der Waals surface area contributed by atoms with Crippen LogP contribution in [0, 0.1) is 5.82 Å². The standard InChI is InChI=1S/C15H24FN3S/c1-15(2,12-7-5-6-8-13(12)16)11-19-14(17-3)18-9-10-20-4/h5-8H,9-11H2,1-4H3,(H2,17,18,19). The van der Waals surface area contributed by atoms with Gasteiger partial charge in [-0.1, -0.05) is 32.0 Å². The second kappa shape index (κ2) is 8.15. The predicted molar refractivity (Wildman–Crippen MR) is 87.2 cm³/mol. The van der Waals surface area contributed by atoms with Crippen LogP contribution in [-0.4, -0.2) is 38.1 Å². The number of rotatable bonds is 6. The molecule has 0 radical (unpaired) electrons. The highest BCUT2D eigenvalue weighted by molar-refractivity contribution is 7.98. The van der Waals surface area contributed by atoms with Gasteiger partial charge >= 0.3 is 0 Å². The molecule has 0 spiro atoms. The Labute approximate surface area is 125 Å². The summed E-state index contributed by atoms with van der Waals surface area (Å²) >= 11 is 1.78. The van der Waals surface area contributed by atoms with Crippen molar-refractivity contribution in [2.24, 2.45) is 4.99 Å². The molecule has 1 rings (SSSR count). The van der Waals surface area contributed by atoms with E-state index in [9.17, 15) is 4.39 Å². The van der Waals surface area contributed by atoms with E-state index < -0.39 is 0 Å². The molecule has 0 aliphatic rings. The Balaban J connectivity index is 2.60. The van der Waals surface area contributed by atoms with E-state index in [0.29, 0.717) is 12.1 Å². The van der Waals surface area contributed by atoms with E-state index in [0.717, 1.165) is 18.3 Å². The number of halogens is 1. The number of thioether (sulfide) groups is 1. The molecule has 0 atom stereocenters. The Morgan fingerprint density at radius 2 is 2.00 bits per heavy atom. The molecule has 3 nitrogen and oxygen atoms in total. The number of benzene rings is 1. The minimum absolute atomic E-state index is 0.162. The molecule has 1 aromatic carbocycles. The fraction of sp³-hybridized carbons (Fsp3) is 0.533. The fourth-order valence-electron chi connectivity index (χ4n) is 1.90. The van der Waals surface area contributed by atoms with Gasteiger partial charge in [-0.25, -0.2) is 4.39 Å². The normalized spacial score (nSPS) is 12.3. The van der Waals surface area contributed by atoms with E-state index in [1.165, 1.54) is 6.07 Å². The van der Waals surface area contributed by atoms with Crippen molar-refractivity contribution in [1.82, 2.24) is 10.6 Å². The quantitative estimate of drug-likeness (QED) is 0.481. The SMILES string of the molecule is CN=C(NCCSC)NCC(C)(C)c1ccccc1F. The Morgan fingerprint density at radius 3 is 2.60 bits per heavy atom. The van der Waals surface area contributed by atoms with E-state index in [2.05, 4.69) is 21.9 Å². The van der Waals surface area contributed by atoms with Gasteiger partial charge in [-0.15, -0.1) is 0 Å². The highest BCUT2D eigenvalue weighted by Gasteiger charge is 2.24. The topological polar surface area (TPSA) is 36.4 Å². The zero-order valence-electron chi connectivity index (χ0n) is 12.7. The van der Waals surface area contributed by atoms with Crippen molar-refractivity contribution in [3.8, 4) is 0 Å². The first-order valence-corrected chi connectivity index (χ1v) is 8.09. The molecule has 0 bridgehead atoms. The number of nitrogens with one attached hydrogen (secondary N) is 2. The minimum Gasteiger partial charge on any atom is -0.356 e. The maximum Gasteiger partial charge on any atom is 0.191 e. The van der Waals surface area contributed by atoms with Gasteiger partial charge < -0.3 is 10.6 Å². The van der Waals surface area contributed by atoms with Crippen LogP contribution in [0.1, 0.15) is 19.4 Å². The third-order valence-corrected chi connectivity index (χ3v) is 3.74. The first-order chi connectivity index (χ1) is 9.51. The molecular formula is C15H24FN3S. The lowest BCUT2D eigenvalue weighted by molar-refractivity contribution is 0.473. The molecule has 1 aromatic rings. The molecule has 0 heterocycles. The number of aliphatic imine (C=N–C) groups is 1. The average molecular weight is 297 g/mol. The van der Waals surface area contributed by atoms with Crippen molar-refractivity contribution in [1.29, 1.82) is 0 Å². The summed E-state index contributed by atoms with van der Waals surface area (Å²) in [6.45, 7) is 5.52.